The molecule has 1 aliphatic rings. The smallest absolute Gasteiger partial charge is 0.251 e. The number of carbonyl (C=O) groups is 1. The Kier molecular flexibility index (Phi) is 7.92. The summed E-state index contributed by atoms with van der Waals surface area (Å²) in [6, 6.07) is 6.31. The molecule has 0 bridgehead atoms. The number of hydrogen-bond donors (Lipinski definition) is 2. The van der Waals surface area contributed by atoms with E-state index in [1.807, 2.05) is 0 Å². The van der Waals surface area contributed by atoms with Gasteiger partial charge < -0.3 is 10.6 Å². The Morgan fingerprint density at radius 2 is 1.86 bits per heavy atom. The van der Waals surface area contributed by atoms with Gasteiger partial charge in [-0.25, -0.2) is 23.1 Å². The van der Waals surface area contributed by atoms with E-state index in [-0.39, 0.29) is 16.8 Å². The maximum Gasteiger partial charge on any atom is 0.251 e. The molecule has 4 rings (SSSR count). The number of nitrogens with zero attached hydrogens (tertiary/aromatic N) is 5. The average Bonchev–Trinajstić information content (AvgIpc) is 3.50. The van der Waals surface area contributed by atoms with Gasteiger partial charge in [0.2, 0.25) is 10.0 Å². The summed E-state index contributed by atoms with van der Waals surface area (Å²) in [5.41, 5.74) is 1.12. The van der Waals surface area contributed by atoms with Crippen molar-refractivity contribution in [2.45, 2.75) is 56.3 Å². The first-order chi connectivity index (χ1) is 16.8. The van der Waals surface area contributed by atoms with E-state index in [1.165, 1.54) is 16.4 Å². The fourth-order valence-electron chi connectivity index (χ4n) is 3.91. The Hall–Kier alpha value is -2.70. The molecule has 0 saturated carbocycles. The normalized spacial score (nSPS) is 14.6. The molecule has 3 heterocycles. The minimum Gasteiger partial charge on any atom is -0.367 e. The van der Waals surface area contributed by atoms with Gasteiger partial charge >= 0.3 is 0 Å². The van der Waals surface area contributed by atoms with Gasteiger partial charge in [0, 0.05) is 31.2 Å². The van der Waals surface area contributed by atoms with Crippen LogP contribution in [0.15, 0.2) is 40.5 Å². The van der Waals surface area contributed by atoms with Crippen LogP contribution in [0.4, 0.5) is 5.82 Å². The van der Waals surface area contributed by atoms with Crippen molar-refractivity contribution in [1.29, 1.82) is 0 Å². The minimum absolute atomic E-state index is 0.213. The highest BCUT2D eigenvalue weighted by molar-refractivity contribution is 7.99. The molecule has 0 aliphatic carbocycles. The maximum absolute atomic E-state index is 12.7. The molecule has 1 fully saturated rings. The third-order valence-electron chi connectivity index (χ3n) is 5.60. The summed E-state index contributed by atoms with van der Waals surface area (Å²) in [6.07, 6.45) is 3.50. The summed E-state index contributed by atoms with van der Waals surface area (Å²) in [6.45, 7) is 8.02. The van der Waals surface area contributed by atoms with Crippen molar-refractivity contribution in [2.75, 3.05) is 30.7 Å². The SMILES string of the molecule is CCSc1nc(NC(C)C)c2cnn(CCNC(=O)c3ccc(S(=O)(=O)N4CCCC4)cc3)c2n1. The van der Waals surface area contributed by atoms with Crippen LogP contribution >= 0.6 is 11.8 Å². The van der Waals surface area contributed by atoms with E-state index in [4.69, 9.17) is 0 Å². The molecule has 1 aromatic carbocycles. The summed E-state index contributed by atoms with van der Waals surface area (Å²) in [5, 5.41) is 12.2. The minimum atomic E-state index is -3.50. The molecule has 188 valence electrons. The third-order valence-corrected chi connectivity index (χ3v) is 8.25. The van der Waals surface area contributed by atoms with Crippen LogP contribution in [0, 0.1) is 0 Å². The van der Waals surface area contributed by atoms with E-state index < -0.39 is 10.0 Å². The molecular weight excluding hydrogens is 486 g/mol. The van der Waals surface area contributed by atoms with Crippen LogP contribution in [0.1, 0.15) is 44.0 Å². The Morgan fingerprint density at radius 1 is 1.14 bits per heavy atom. The lowest BCUT2D eigenvalue weighted by molar-refractivity contribution is 0.0952. The number of rotatable bonds is 10. The van der Waals surface area contributed by atoms with Crippen molar-refractivity contribution >= 4 is 44.5 Å². The van der Waals surface area contributed by atoms with E-state index in [0.29, 0.717) is 42.5 Å². The standard InChI is InChI=1S/C23H31N7O3S2/c1-4-34-23-27-20(26-16(2)3)19-15-25-30(21(19)28-23)14-11-24-22(31)17-7-9-18(10-8-17)35(32,33)29-12-5-6-13-29/h7-10,15-16H,4-6,11-14H2,1-3H3,(H,24,31)(H,26,27,28). The van der Waals surface area contributed by atoms with Crippen molar-refractivity contribution < 1.29 is 13.2 Å². The van der Waals surface area contributed by atoms with Gasteiger partial charge in [0.05, 0.1) is 23.0 Å². The van der Waals surface area contributed by atoms with Gasteiger partial charge in [0.15, 0.2) is 10.8 Å². The van der Waals surface area contributed by atoms with Crippen LogP contribution < -0.4 is 10.6 Å². The maximum atomic E-state index is 12.7. The molecule has 3 aromatic rings. The van der Waals surface area contributed by atoms with Crippen LogP contribution in [0.2, 0.25) is 0 Å². The second-order valence-electron chi connectivity index (χ2n) is 8.58. The van der Waals surface area contributed by atoms with Crippen LogP contribution in [0.3, 0.4) is 0 Å². The molecule has 1 aliphatic heterocycles. The molecule has 0 radical (unpaired) electrons. The number of benzene rings is 1. The van der Waals surface area contributed by atoms with Gasteiger partial charge in [-0.3, -0.25) is 4.79 Å². The molecule has 10 nitrogen and oxygen atoms in total. The van der Waals surface area contributed by atoms with Gasteiger partial charge in [0.25, 0.3) is 5.91 Å². The van der Waals surface area contributed by atoms with Crippen molar-refractivity contribution in [2.24, 2.45) is 0 Å². The number of carbonyl (C=O) groups excluding carboxylic acids is 1. The number of nitrogens with one attached hydrogen (secondary N) is 2. The van der Waals surface area contributed by atoms with Gasteiger partial charge in [-0.05, 0) is 56.7 Å². The number of aromatic nitrogens is 4. The number of fused-ring (bicyclic) bond motifs is 1. The van der Waals surface area contributed by atoms with Crippen molar-refractivity contribution in [3.05, 3.63) is 36.0 Å². The Balaban J connectivity index is 1.42. The highest BCUT2D eigenvalue weighted by Gasteiger charge is 2.27. The Bertz CT molecular complexity index is 1280. The second kappa shape index (κ2) is 10.9. The van der Waals surface area contributed by atoms with Gasteiger partial charge in [-0.2, -0.15) is 9.40 Å². The molecule has 1 saturated heterocycles. The molecule has 0 spiro atoms. The number of sulfonamides is 1. The number of amides is 1. The third kappa shape index (κ3) is 5.76. The highest BCUT2D eigenvalue weighted by atomic mass is 32.2. The first-order valence-corrected chi connectivity index (χ1v) is 14.2. The lowest BCUT2D eigenvalue weighted by atomic mass is 10.2. The molecule has 12 heteroatoms. The van der Waals surface area contributed by atoms with Crippen molar-refractivity contribution in [3.63, 3.8) is 0 Å². The lowest BCUT2D eigenvalue weighted by Crippen LogP contribution is -2.29. The molecule has 0 unspecified atom stereocenters. The largest absolute Gasteiger partial charge is 0.367 e. The first kappa shape index (κ1) is 25.4. The van der Waals surface area contributed by atoms with Crippen molar-refractivity contribution in [3.8, 4) is 0 Å². The molecule has 0 atom stereocenters. The summed E-state index contributed by atoms with van der Waals surface area (Å²) >= 11 is 1.56. The van der Waals surface area contributed by atoms with Crippen LogP contribution in [0.5, 0.6) is 0 Å². The zero-order chi connectivity index (χ0) is 25.0. The van der Waals surface area contributed by atoms with Gasteiger partial charge in [0.1, 0.15) is 5.82 Å². The summed E-state index contributed by atoms with van der Waals surface area (Å²) in [5.74, 6) is 1.33. The van der Waals surface area contributed by atoms with Crippen molar-refractivity contribution in [1.82, 2.24) is 29.4 Å². The Morgan fingerprint density at radius 3 is 2.51 bits per heavy atom. The predicted octanol–water partition coefficient (Wildman–Crippen LogP) is 2.97. The fourth-order valence-corrected chi connectivity index (χ4v) is 5.99. The van der Waals surface area contributed by atoms with Crippen LogP contribution in [0.25, 0.3) is 11.0 Å². The first-order valence-electron chi connectivity index (χ1n) is 11.8. The van der Waals surface area contributed by atoms with Gasteiger partial charge in [-0.1, -0.05) is 18.7 Å². The van der Waals surface area contributed by atoms with E-state index >= 15 is 0 Å². The topological polar surface area (TPSA) is 122 Å². The molecule has 1 amide bonds. The van der Waals surface area contributed by atoms with E-state index in [0.717, 1.165) is 29.8 Å². The number of anilines is 1. The average molecular weight is 518 g/mol. The highest BCUT2D eigenvalue weighted by Crippen LogP contribution is 2.25. The van der Waals surface area contributed by atoms with Crippen LogP contribution in [-0.4, -0.2) is 69.8 Å². The number of thioether (sulfide) groups is 1. The summed E-state index contributed by atoms with van der Waals surface area (Å²) in [4.78, 5) is 22.1. The quantitative estimate of drug-likeness (QED) is 0.311. The molecule has 2 aromatic heterocycles. The molecular formula is C23H31N7O3S2. The zero-order valence-electron chi connectivity index (χ0n) is 20.2. The summed E-state index contributed by atoms with van der Waals surface area (Å²) < 4.78 is 28.6. The zero-order valence-corrected chi connectivity index (χ0v) is 21.8. The van der Waals surface area contributed by atoms with Gasteiger partial charge in [-0.15, -0.1) is 0 Å². The molecule has 2 N–H and O–H groups in total. The summed E-state index contributed by atoms with van der Waals surface area (Å²) in [7, 11) is -3.50. The predicted molar refractivity (Wildman–Crippen MR) is 137 cm³/mol. The lowest BCUT2D eigenvalue weighted by Gasteiger charge is -2.15. The monoisotopic (exact) mass is 517 g/mol. The Labute approximate surface area is 209 Å². The van der Waals surface area contributed by atoms with Crippen LogP contribution in [-0.2, 0) is 16.6 Å². The van der Waals surface area contributed by atoms with E-state index in [9.17, 15) is 13.2 Å². The number of hydrogen-bond acceptors (Lipinski definition) is 8. The van der Waals surface area contributed by atoms with E-state index in [1.54, 1.807) is 34.8 Å². The second-order valence-corrected chi connectivity index (χ2v) is 11.8. The van der Waals surface area contributed by atoms with E-state index in [2.05, 4.69) is 46.5 Å². The fraction of sp³-hybridized carbons (Fsp3) is 0.478. The molecule has 35 heavy (non-hydrogen) atoms.